The lowest BCUT2D eigenvalue weighted by Crippen LogP contribution is -2.38. The van der Waals surface area contributed by atoms with Crippen LogP contribution < -0.4 is 10.6 Å². The first-order valence-corrected chi connectivity index (χ1v) is 7.48. The standard InChI is InChI=1S/C13H16N4O2S/c1-8-15-11-5-10(16-9-3-2-4-14-7-9)12(17(18)19)6-13(11)20-8/h5-6,9,14,16H,2-4,7H2,1H3. The summed E-state index contributed by atoms with van der Waals surface area (Å²) < 4.78 is 0.863. The summed E-state index contributed by atoms with van der Waals surface area (Å²) in [7, 11) is 0. The van der Waals surface area contributed by atoms with Crippen LogP contribution >= 0.6 is 11.3 Å². The lowest BCUT2D eigenvalue weighted by Gasteiger charge is -2.24. The lowest BCUT2D eigenvalue weighted by atomic mass is 10.1. The minimum absolute atomic E-state index is 0.131. The van der Waals surface area contributed by atoms with Gasteiger partial charge >= 0.3 is 0 Å². The predicted molar refractivity (Wildman–Crippen MR) is 80.5 cm³/mol. The van der Waals surface area contributed by atoms with E-state index in [-0.39, 0.29) is 16.7 Å². The molecule has 1 aromatic heterocycles. The Hall–Kier alpha value is -1.73. The molecule has 1 unspecified atom stereocenters. The molecule has 0 saturated carbocycles. The summed E-state index contributed by atoms with van der Waals surface area (Å²) in [4.78, 5) is 15.3. The van der Waals surface area contributed by atoms with Crippen LogP contribution in [0.2, 0.25) is 0 Å². The highest BCUT2D eigenvalue weighted by Crippen LogP contribution is 2.33. The fraction of sp³-hybridized carbons (Fsp3) is 0.462. The summed E-state index contributed by atoms with van der Waals surface area (Å²) in [6.45, 7) is 3.77. The minimum atomic E-state index is -0.326. The van der Waals surface area contributed by atoms with Crippen molar-refractivity contribution in [1.29, 1.82) is 0 Å². The van der Waals surface area contributed by atoms with E-state index >= 15 is 0 Å². The molecule has 2 N–H and O–H groups in total. The molecule has 6 nitrogen and oxygen atoms in total. The van der Waals surface area contributed by atoms with E-state index in [0.29, 0.717) is 5.69 Å². The van der Waals surface area contributed by atoms with E-state index in [2.05, 4.69) is 15.6 Å². The van der Waals surface area contributed by atoms with E-state index in [1.807, 2.05) is 6.92 Å². The Morgan fingerprint density at radius 1 is 1.55 bits per heavy atom. The molecular weight excluding hydrogens is 276 g/mol. The fourth-order valence-electron chi connectivity index (χ4n) is 2.54. The molecule has 1 aliphatic heterocycles. The summed E-state index contributed by atoms with van der Waals surface area (Å²) in [6, 6.07) is 3.66. The second kappa shape index (κ2) is 5.34. The molecule has 0 spiro atoms. The molecule has 1 fully saturated rings. The van der Waals surface area contributed by atoms with Crippen LogP contribution in [0.3, 0.4) is 0 Å². The molecule has 20 heavy (non-hydrogen) atoms. The molecule has 106 valence electrons. The van der Waals surface area contributed by atoms with Gasteiger partial charge in [-0.1, -0.05) is 0 Å². The van der Waals surface area contributed by atoms with Gasteiger partial charge < -0.3 is 10.6 Å². The molecule has 0 radical (unpaired) electrons. The first-order chi connectivity index (χ1) is 9.63. The molecule has 3 rings (SSSR count). The molecule has 1 aromatic carbocycles. The number of nitrogens with one attached hydrogen (secondary N) is 2. The Balaban J connectivity index is 1.97. The van der Waals surface area contributed by atoms with Crippen molar-refractivity contribution >= 4 is 32.9 Å². The minimum Gasteiger partial charge on any atom is -0.375 e. The van der Waals surface area contributed by atoms with Gasteiger partial charge in [0.2, 0.25) is 0 Å². The Morgan fingerprint density at radius 2 is 2.40 bits per heavy atom. The Morgan fingerprint density at radius 3 is 3.10 bits per heavy atom. The number of piperidine rings is 1. The second-order valence-electron chi connectivity index (χ2n) is 5.01. The fourth-order valence-corrected chi connectivity index (χ4v) is 3.38. The number of nitrogens with zero attached hydrogens (tertiary/aromatic N) is 2. The van der Waals surface area contributed by atoms with Gasteiger partial charge in [0.15, 0.2) is 0 Å². The van der Waals surface area contributed by atoms with E-state index < -0.39 is 0 Å². The molecule has 2 aromatic rings. The first kappa shape index (κ1) is 13.3. The van der Waals surface area contributed by atoms with Crippen LogP contribution in [-0.2, 0) is 0 Å². The number of thiazole rings is 1. The van der Waals surface area contributed by atoms with Gasteiger partial charge in [-0.05, 0) is 32.4 Å². The largest absolute Gasteiger partial charge is 0.375 e. The number of nitro groups is 1. The van der Waals surface area contributed by atoms with Crippen molar-refractivity contribution in [2.24, 2.45) is 0 Å². The Labute approximate surface area is 120 Å². The predicted octanol–water partition coefficient (Wildman–Crippen LogP) is 2.68. The number of nitro benzene ring substituents is 1. The van der Waals surface area contributed by atoms with Gasteiger partial charge in [-0.3, -0.25) is 10.1 Å². The number of anilines is 1. The van der Waals surface area contributed by atoms with Crippen LogP contribution in [-0.4, -0.2) is 29.0 Å². The zero-order chi connectivity index (χ0) is 14.1. The van der Waals surface area contributed by atoms with E-state index in [9.17, 15) is 10.1 Å². The third-order valence-electron chi connectivity index (χ3n) is 3.47. The van der Waals surface area contributed by atoms with E-state index in [0.717, 1.165) is 41.2 Å². The van der Waals surface area contributed by atoms with Gasteiger partial charge in [0.25, 0.3) is 5.69 Å². The van der Waals surface area contributed by atoms with Crippen LogP contribution in [0.5, 0.6) is 0 Å². The maximum Gasteiger partial charge on any atom is 0.293 e. The SMILES string of the molecule is Cc1nc2cc(NC3CCCNC3)c([N+](=O)[O-])cc2s1. The lowest BCUT2D eigenvalue weighted by molar-refractivity contribution is -0.383. The van der Waals surface area contributed by atoms with Crippen LogP contribution in [0.15, 0.2) is 12.1 Å². The van der Waals surface area contributed by atoms with Crippen molar-refractivity contribution in [3.63, 3.8) is 0 Å². The Kier molecular flexibility index (Phi) is 3.54. The average molecular weight is 292 g/mol. The maximum atomic E-state index is 11.2. The highest BCUT2D eigenvalue weighted by Gasteiger charge is 2.20. The van der Waals surface area contributed by atoms with Crippen molar-refractivity contribution in [3.8, 4) is 0 Å². The topological polar surface area (TPSA) is 80.1 Å². The number of benzene rings is 1. The Bertz CT molecular complexity index is 649. The van der Waals surface area contributed by atoms with Crippen LogP contribution in [0.25, 0.3) is 10.2 Å². The third-order valence-corrected chi connectivity index (χ3v) is 4.40. The number of aromatic nitrogens is 1. The third kappa shape index (κ3) is 2.59. The highest BCUT2D eigenvalue weighted by atomic mass is 32.1. The van der Waals surface area contributed by atoms with Crippen LogP contribution in [0.1, 0.15) is 17.8 Å². The molecule has 1 aliphatic rings. The molecule has 2 heterocycles. The van der Waals surface area contributed by atoms with Crippen molar-refractivity contribution in [2.75, 3.05) is 18.4 Å². The smallest absolute Gasteiger partial charge is 0.293 e. The van der Waals surface area contributed by atoms with Gasteiger partial charge in [-0.15, -0.1) is 11.3 Å². The number of aryl methyl sites for hydroxylation is 1. The molecule has 0 bridgehead atoms. The number of fused-ring (bicyclic) bond motifs is 1. The summed E-state index contributed by atoms with van der Waals surface area (Å²) >= 11 is 1.48. The summed E-state index contributed by atoms with van der Waals surface area (Å²) in [5.74, 6) is 0. The summed E-state index contributed by atoms with van der Waals surface area (Å²) in [6.07, 6.45) is 2.11. The van der Waals surface area contributed by atoms with Gasteiger partial charge in [0, 0.05) is 18.7 Å². The number of hydrogen-bond donors (Lipinski definition) is 2. The molecule has 1 saturated heterocycles. The zero-order valence-electron chi connectivity index (χ0n) is 11.2. The van der Waals surface area contributed by atoms with E-state index in [1.54, 1.807) is 12.1 Å². The quantitative estimate of drug-likeness (QED) is 0.671. The molecule has 0 amide bonds. The molecule has 7 heteroatoms. The summed E-state index contributed by atoms with van der Waals surface area (Å²) in [5, 5.41) is 18.8. The molecule has 1 atom stereocenters. The normalized spacial score (nSPS) is 19.1. The average Bonchev–Trinajstić information content (AvgIpc) is 2.78. The van der Waals surface area contributed by atoms with Crippen molar-refractivity contribution in [2.45, 2.75) is 25.8 Å². The van der Waals surface area contributed by atoms with E-state index in [1.165, 1.54) is 11.3 Å². The van der Waals surface area contributed by atoms with Crippen molar-refractivity contribution in [3.05, 3.63) is 27.3 Å². The van der Waals surface area contributed by atoms with Crippen LogP contribution in [0.4, 0.5) is 11.4 Å². The number of rotatable bonds is 3. The van der Waals surface area contributed by atoms with Crippen molar-refractivity contribution in [1.82, 2.24) is 10.3 Å². The molecular formula is C13H16N4O2S. The van der Waals surface area contributed by atoms with Gasteiger partial charge in [-0.2, -0.15) is 0 Å². The number of hydrogen-bond acceptors (Lipinski definition) is 6. The molecule has 0 aliphatic carbocycles. The maximum absolute atomic E-state index is 11.2. The van der Waals surface area contributed by atoms with Gasteiger partial charge in [0.05, 0.1) is 20.1 Å². The zero-order valence-corrected chi connectivity index (χ0v) is 12.0. The highest BCUT2D eigenvalue weighted by molar-refractivity contribution is 7.18. The monoisotopic (exact) mass is 292 g/mol. The van der Waals surface area contributed by atoms with Gasteiger partial charge in [-0.25, -0.2) is 4.98 Å². The van der Waals surface area contributed by atoms with Gasteiger partial charge in [0.1, 0.15) is 5.69 Å². The van der Waals surface area contributed by atoms with Crippen LogP contribution in [0, 0.1) is 17.0 Å². The van der Waals surface area contributed by atoms with E-state index in [4.69, 9.17) is 0 Å². The van der Waals surface area contributed by atoms with Crippen molar-refractivity contribution < 1.29 is 4.92 Å². The summed E-state index contributed by atoms with van der Waals surface area (Å²) in [5.41, 5.74) is 1.53. The first-order valence-electron chi connectivity index (χ1n) is 6.66. The second-order valence-corrected chi connectivity index (χ2v) is 6.25.